The van der Waals surface area contributed by atoms with Gasteiger partial charge in [0.1, 0.15) is 0 Å². The van der Waals surface area contributed by atoms with Gasteiger partial charge in [-0.3, -0.25) is 0 Å². The molecule has 2 aromatic carbocycles. The van der Waals surface area contributed by atoms with Crippen molar-refractivity contribution in [3.63, 3.8) is 0 Å². The monoisotopic (exact) mass is 354 g/mol. The summed E-state index contributed by atoms with van der Waals surface area (Å²) in [4.78, 5) is 0. The van der Waals surface area contributed by atoms with Gasteiger partial charge in [0.2, 0.25) is 0 Å². The van der Waals surface area contributed by atoms with Gasteiger partial charge in [-0.2, -0.15) is 0 Å². The van der Waals surface area contributed by atoms with Crippen LogP contribution in [0.4, 0.5) is 22.7 Å². The van der Waals surface area contributed by atoms with Crippen LogP contribution in [0.25, 0.3) is 11.1 Å². The Kier molecular flexibility index (Phi) is 11.5. The van der Waals surface area contributed by atoms with E-state index in [1.165, 1.54) is 0 Å². The third-order valence-electron chi connectivity index (χ3n) is 2.54. The molecule has 0 bridgehead atoms. The molecule has 2 rings (SSSR count). The smallest absolute Gasteiger partial charge is 0.0787 e. The van der Waals surface area contributed by atoms with E-state index in [1.54, 1.807) is 6.07 Å². The quantitative estimate of drug-likeness (QED) is 0.381. The highest BCUT2D eigenvalue weighted by molar-refractivity contribution is 5.90. The molecule has 114 valence electrons. The van der Waals surface area contributed by atoms with Crippen LogP contribution >= 0.6 is 0 Å². The van der Waals surface area contributed by atoms with Gasteiger partial charge in [0.15, 0.2) is 0 Å². The standard InChI is InChI=1S/C12H14N4.4ClH/c13-8-3-1-7(2-4-8)9-5-6-10(14)12(16)11(9)15;;;;/h1-6H,13-16H2;4*1H/p-4. The van der Waals surface area contributed by atoms with Crippen molar-refractivity contribution in [1.82, 2.24) is 0 Å². The lowest BCUT2D eigenvalue weighted by molar-refractivity contribution is -0.00100. The summed E-state index contributed by atoms with van der Waals surface area (Å²) in [5.41, 5.74) is 27.0. The Labute approximate surface area is 142 Å². The molecule has 0 radical (unpaired) electrons. The first-order chi connectivity index (χ1) is 7.59. The first-order valence-electron chi connectivity index (χ1n) is 4.89. The second-order valence-corrected chi connectivity index (χ2v) is 3.65. The predicted molar refractivity (Wildman–Crippen MR) is 69.5 cm³/mol. The van der Waals surface area contributed by atoms with Crippen molar-refractivity contribution in [3.05, 3.63) is 36.4 Å². The average Bonchev–Trinajstić information content (AvgIpc) is 2.28. The second-order valence-electron chi connectivity index (χ2n) is 3.65. The number of benzene rings is 2. The van der Waals surface area contributed by atoms with E-state index >= 15 is 0 Å². The molecule has 0 aromatic heterocycles. The molecule has 0 spiro atoms. The van der Waals surface area contributed by atoms with E-state index < -0.39 is 0 Å². The number of rotatable bonds is 1. The molecule has 8 N–H and O–H groups in total. The Balaban J connectivity index is -0.000000722. The molecule has 0 saturated carbocycles. The van der Waals surface area contributed by atoms with Gasteiger partial charge >= 0.3 is 0 Å². The van der Waals surface area contributed by atoms with E-state index in [0.717, 1.165) is 11.1 Å². The number of halogens is 4. The molecular weight excluding hydrogens is 342 g/mol. The van der Waals surface area contributed by atoms with Crippen molar-refractivity contribution in [2.24, 2.45) is 0 Å². The summed E-state index contributed by atoms with van der Waals surface area (Å²) in [6.07, 6.45) is 0. The lowest BCUT2D eigenvalue weighted by Crippen LogP contribution is -3.00. The highest BCUT2D eigenvalue weighted by Gasteiger charge is 2.07. The van der Waals surface area contributed by atoms with Crippen LogP contribution in [0.3, 0.4) is 0 Å². The molecule has 0 aliphatic carbocycles. The molecule has 0 aliphatic rings. The van der Waals surface area contributed by atoms with Gasteiger partial charge in [0.05, 0.1) is 17.1 Å². The Bertz CT molecular complexity index is 532. The second kappa shape index (κ2) is 9.66. The molecule has 0 saturated heterocycles. The maximum Gasteiger partial charge on any atom is 0.0787 e. The van der Waals surface area contributed by atoms with E-state index in [4.69, 9.17) is 22.9 Å². The molecule has 2 aromatic rings. The van der Waals surface area contributed by atoms with Crippen LogP contribution in [0.2, 0.25) is 0 Å². The van der Waals surface area contributed by atoms with Crippen molar-refractivity contribution >= 4 is 22.7 Å². The zero-order chi connectivity index (χ0) is 11.7. The van der Waals surface area contributed by atoms with Crippen LogP contribution in [0.5, 0.6) is 0 Å². The molecule has 0 aliphatic heterocycles. The van der Waals surface area contributed by atoms with Gasteiger partial charge in [0, 0.05) is 11.3 Å². The van der Waals surface area contributed by atoms with Crippen LogP contribution in [0, 0.1) is 0 Å². The highest BCUT2D eigenvalue weighted by Crippen LogP contribution is 2.33. The van der Waals surface area contributed by atoms with Crippen LogP contribution in [-0.4, -0.2) is 0 Å². The van der Waals surface area contributed by atoms with E-state index in [1.807, 2.05) is 30.3 Å². The summed E-state index contributed by atoms with van der Waals surface area (Å²) >= 11 is 0. The topological polar surface area (TPSA) is 104 Å². The zero-order valence-electron chi connectivity index (χ0n) is 10.3. The van der Waals surface area contributed by atoms with E-state index in [-0.39, 0.29) is 49.6 Å². The zero-order valence-corrected chi connectivity index (χ0v) is 13.3. The maximum absolute atomic E-state index is 5.92. The summed E-state index contributed by atoms with van der Waals surface area (Å²) in [5.74, 6) is 0. The molecule has 0 fully saturated rings. The largest absolute Gasteiger partial charge is 1.00 e. The van der Waals surface area contributed by atoms with E-state index in [9.17, 15) is 0 Å². The summed E-state index contributed by atoms with van der Waals surface area (Å²) in [5, 5.41) is 0. The third kappa shape index (κ3) is 4.72. The summed E-state index contributed by atoms with van der Waals surface area (Å²) < 4.78 is 0. The molecular formula is C12H14Cl4N4-4. The molecule has 8 heteroatoms. The lowest BCUT2D eigenvalue weighted by Gasteiger charge is -2.10. The fraction of sp³-hybridized carbons (Fsp3) is 0. The normalized spacial score (nSPS) is 8.20. The highest BCUT2D eigenvalue weighted by atomic mass is 35.5. The van der Waals surface area contributed by atoms with Crippen molar-refractivity contribution < 1.29 is 49.6 Å². The number of nitrogen functional groups attached to an aromatic ring is 4. The van der Waals surface area contributed by atoms with Gasteiger partial charge < -0.3 is 72.6 Å². The van der Waals surface area contributed by atoms with Crippen molar-refractivity contribution in [2.45, 2.75) is 0 Å². The first kappa shape index (κ1) is 23.9. The molecule has 0 unspecified atom stereocenters. The van der Waals surface area contributed by atoms with Gasteiger partial charge in [-0.05, 0) is 23.8 Å². The third-order valence-corrected chi connectivity index (χ3v) is 2.54. The summed E-state index contributed by atoms with van der Waals surface area (Å²) in [7, 11) is 0. The fourth-order valence-corrected chi connectivity index (χ4v) is 1.57. The predicted octanol–water partition coefficient (Wildman–Crippen LogP) is -10.3. The van der Waals surface area contributed by atoms with Crippen molar-refractivity contribution in [1.29, 1.82) is 0 Å². The van der Waals surface area contributed by atoms with Crippen molar-refractivity contribution in [3.8, 4) is 11.1 Å². The fourth-order valence-electron chi connectivity index (χ4n) is 1.57. The molecule has 20 heavy (non-hydrogen) atoms. The number of hydrogen-bond donors (Lipinski definition) is 4. The van der Waals surface area contributed by atoms with Gasteiger partial charge in [-0.1, -0.05) is 18.2 Å². The summed E-state index contributed by atoms with van der Waals surface area (Å²) in [6, 6.07) is 11.0. The van der Waals surface area contributed by atoms with Crippen LogP contribution in [0.1, 0.15) is 0 Å². The number of nitrogens with two attached hydrogens (primary N) is 4. The van der Waals surface area contributed by atoms with Gasteiger partial charge in [0.25, 0.3) is 0 Å². The van der Waals surface area contributed by atoms with Crippen LogP contribution < -0.4 is 72.6 Å². The van der Waals surface area contributed by atoms with Gasteiger partial charge in [-0.15, -0.1) is 0 Å². The van der Waals surface area contributed by atoms with E-state index in [0.29, 0.717) is 22.7 Å². The Morgan fingerprint density at radius 1 is 0.550 bits per heavy atom. The number of hydrogen-bond acceptors (Lipinski definition) is 4. The molecule has 0 heterocycles. The average molecular weight is 356 g/mol. The molecule has 0 atom stereocenters. The molecule has 0 amide bonds. The Morgan fingerprint density at radius 2 is 1.05 bits per heavy atom. The minimum absolute atomic E-state index is 0. The van der Waals surface area contributed by atoms with E-state index in [2.05, 4.69) is 0 Å². The number of anilines is 4. The Hall–Kier alpha value is -1.20. The van der Waals surface area contributed by atoms with Crippen molar-refractivity contribution in [2.75, 3.05) is 22.9 Å². The van der Waals surface area contributed by atoms with Crippen LogP contribution in [-0.2, 0) is 0 Å². The van der Waals surface area contributed by atoms with Crippen LogP contribution in [0.15, 0.2) is 36.4 Å². The minimum Gasteiger partial charge on any atom is -1.00 e. The molecule has 4 nitrogen and oxygen atoms in total. The summed E-state index contributed by atoms with van der Waals surface area (Å²) in [6.45, 7) is 0. The first-order valence-corrected chi connectivity index (χ1v) is 4.89. The lowest BCUT2D eigenvalue weighted by atomic mass is 10.0. The van der Waals surface area contributed by atoms with Gasteiger partial charge in [-0.25, -0.2) is 0 Å². The maximum atomic E-state index is 5.92. The Morgan fingerprint density at radius 3 is 1.55 bits per heavy atom. The SMILES string of the molecule is Nc1ccc(-c2ccc(N)c(N)c2N)cc1.[Cl-].[Cl-].[Cl-].[Cl-]. The minimum atomic E-state index is 0.